The lowest BCUT2D eigenvalue weighted by Gasteiger charge is -2.25. The molecule has 1 aromatic heterocycles. The molecule has 158 valence electrons. The molecular formula is C22H34N6O. The van der Waals surface area contributed by atoms with E-state index < -0.39 is 0 Å². The van der Waals surface area contributed by atoms with Crippen LogP contribution in [-0.2, 0) is 7.05 Å². The number of likely N-dealkylation sites (N-methyl/N-ethyl adjacent to an activating group) is 1. The number of nitrogens with zero attached hydrogens (tertiary/aromatic N) is 5. The number of guanidine groups is 1. The van der Waals surface area contributed by atoms with Gasteiger partial charge in [-0.05, 0) is 45.1 Å². The molecule has 3 rings (SSSR count). The Morgan fingerprint density at radius 2 is 2.10 bits per heavy atom. The fraction of sp³-hybridized carbons (Fsp3) is 0.545. The van der Waals surface area contributed by atoms with Crippen LogP contribution in [0.25, 0.3) is 0 Å². The van der Waals surface area contributed by atoms with Gasteiger partial charge < -0.3 is 19.9 Å². The molecule has 1 aliphatic rings. The van der Waals surface area contributed by atoms with Gasteiger partial charge in [0.05, 0.1) is 25.9 Å². The zero-order valence-electron chi connectivity index (χ0n) is 18.3. The monoisotopic (exact) mass is 398 g/mol. The summed E-state index contributed by atoms with van der Waals surface area (Å²) in [5, 5.41) is 7.81. The Balaban J connectivity index is 1.69. The van der Waals surface area contributed by atoms with Crippen molar-refractivity contribution in [2.24, 2.45) is 12.0 Å². The van der Waals surface area contributed by atoms with Crippen LogP contribution < -0.4 is 10.1 Å². The highest BCUT2D eigenvalue weighted by Crippen LogP contribution is 2.28. The molecule has 29 heavy (non-hydrogen) atoms. The second kappa shape index (κ2) is 9.78. The molecule has 2 heterocycles. The lowest BCUT2D eigenvalue weighted by Crippen LogP contribution is -2.40. The van der Waals surface area contributed by atoms with Gasteiger partial charge in [-0.2, -0.15) is 5.10 Å². The van der Waals surface area contributed by atoms with E-state index in [-0.39, 0.29) is 6.04 Å². The second-order valence-corrected chi connectivity index (χ2v) is 7.83. The molecule has 0 radical (unpaired) electrons. The van der Waals surface area contributed by atoms with Crippen LogP contribution in [0.2, 0.25) is 0 Å². The number of hydrogen-bond donors (Lipinski definition) is 1. The minimum Gasteiger partial charge on any atom is -0.497 e. The maximum Gasteiger partial charge on any atom is 0.194 e. The first-order valence-electron chi connectivity index (χ1n) is 10.3. The van der Waals surface area contributed by atoms with Gasteiger partial charge in [0.15, 0.2) is 5.96 Å². The van der Waals surface area contributed by atoms with Crippen LogP contribution in [0.3, 0.4) is 0 Å². The number of rotatable bonds is 7. The molecule has 1 aliphatic heterocycles. The molecule has 0 spiro atoms. The normalized spacial score (nSPS) is 18.3. The van der Waals surface area contributed by atoms with E-state index in [1.54, 1.807) is 7.11 Å². The fourth-order valence-electron chi connectivity index (χ4n) is 3.88. The third-order valence-corrected chi connectivity index (χ3v) is 5.56. The number of likely N-dealkylation sites (tertiary alicyclic amines) is 1. The summed E-state index contributed by atoms with van der Waals surface area (Å²) in [5.74, 6) is 2.43. The van der Waals surface area contributed by atoms with Crippen LogP contribution in [0.15, 0.2) is 41.7 Å². The van der Waals surface area contributed by atoms with Crippen LogP contribution in [0.4, 0.5) is 0 Å². The lowest BCUT2D eigenvalue weighted by atomic mass is 9.98. The summed E-state index contributed by atoms with van der Waals surface area (Å²) < 4.78 is 7.13. The van der Waals surface area contributed by atoms with Crippen molar-refractivity contribution in [3.8, 4) is 5.75 Å². The highest BCUT2D eigenvalue weighted by atomic mass is 16.5. The molecule has 1 N–H and O–H groups in total. The molecule has 2 aromatic rings. The molecule has 0 amide bonds. The van der Waals surface area contributed by atoms with E-state index in [1.165, 1.54) is 11.1 Å². The average molecular weight is 399 g/mol. The zero-order valence-corrected chi connectivity index (χ0v) is 18.3. The molecular weight excluding hydrogens is 364 g/mol. The van der Waals surface area contributed by atoms with E-state index in [1.807, 2.05) is 30.1 Å². The third-order valence-electron chi connectivity index (χ3n) is 5.56. The van der Waals surface area contributed by atoms with Crippen LogP contribution in [-0.4, -0.2) is 72.9 Å². The number of methoxy groups -OCH3 is 1. The molecule has 1 saturated heterocycles. The molecule has 1 fully saturated rings. The number of hydrogen-bond acceptors (Lipinski definition) is 4. The zero-order chi connectivity index (χ0) is 20.8. The predicted octanol–water partition coefficient (Wildman–Crippen LogP) is 2.49. The quantitative estimate of drug-likeness (QED) is 0.574. The maximum atomic E-state index is 5.29. The average Bonchev–Trinajstić information content (AvgIpc) is 3.37. The number of ether oxygens (including phenoxy) is 1. The van der Waals surface area contributed by atoms with Gasteiger partial charge in [0.1, 0.15) is 5.75 Å². The first kappa shape index (κ1) is 21.2. The molecule has 1 aromatic carbocycles. The third kappa shape index (κ3) is 5.29. The summed E-state index contributed by atoms with van der Waals surface area (Å²) in [7, 11) is 7.84. The van der Waals surface area contributed by atoms with Crippen molar-refractivity contribution in [2.45, 2.75) is 25.3 Å². The molecule has 7 heteroatoms. The van der Waals surface area contributed by atoms with Crippen molar-refractivity contribution in [1.29, 1.82) is 0 Å². The first-order valence-corrected chi connectivity index (χ1v) is 10.3. The van der Waals surface area contributed by atoms with E-state index in [4.69, 9.17) is 9.73 Å². The van der Waals surface area contributed by atoms with E-state index in [0.717, 1.165) is 37.8 Å². The smallest absolute Gasteiger partial charge is 0.194 e. The fourth-order valence-corrected chi connectivity index (χ4v) is 3.88. The summed E-state index contributed by atoms with van der Waals surface area (Å²) in [4.78, 5) is 9.58. The van der Waals surface area contributed by atoms with Crippen LogP contribution in [0.1, 0.15) is 36.4 Å². The number of aryl methyl sites for hydroxylation is 1. The minimum atomic E-state index is 0.206. The van der Waals surface area contributed by atoms with Gasteiger partial charge in [-0.15, -0.1) is 0 Å². The van der Waals surface area contributed by atoms with Crippen LogP contribution >= 0.6 is 0 Å². The summed E-state index contributed by atoms with van der Waals surface area (Å²) in [6.45, 7) is 5.68. The van der Waals surface area contributed by atoms with Gasteiger partial charge in [0.25, 0.3) is 0 Å². The lowest BCUT2D eigenvalue weighted by molar-refractivity contribution is 0.305. The van der Waals surface area contributed by atoms with Crippen molar-refractivity contribution in [3.63, 3.8) is 0 Å². The van der Waals surface area contributed by atoms with Gasteiger partial charge in [-0.25, -0.2) is 0 Å². The number of benzene rings is 1. The van der Waals surface area contributed by atoms with E-state index >= 15 is 0 Å². The standard InChI is InChI=1S/C22H34N6O/c1-6-23-22(24-14-21(26(2)3)19-13-25-27(4)15-19)28-12-11-18(16-28)17-7-9-20(29-5)10-8-17/h7-10,13,15,18,21H,6,11-12,14,16H2,1-5H3,(H,23,24). The Kier molecular flexibility index (Phi) is 7.14. The highest BCUT2D eigenvalue weighted by molar-refractivity contribution is 5.80. The Hall–Kier alpha value is -2.54. The van der Waals surface area contributed by atoms with Gasteiger partial charge in [0.2, 0.25) is 0 Å². The largest absolute Gasteiger partial charge is 0.497 e. The SMILES string of the molecule is CCNC(=NCC(c1cnn(C)c1)N(C)C)N1CCC(c2ccc(OC)cc2)C1. The van der Waals surface area contributed by atoms with Crippen LogP contribution in [0.5, 0.6) is 5.75 Å². The molecule has 0 bridgehead atoms. The minimum absolute atomic E-state index is 0.206. The van der Waals surface area contributed by atoms with Gasteiger partial charge in [-0.1, -0.05) is 12.1 Å². The van der Waals surface area contributed by atoms with E-state index in [2.05, 4.69) is 59.6 Å². The Morgan fingerprint density at radius 1 is 1.34 bits per heavy atom. The van der Waals surface area contributed by atoms with Gasteiger partial charge in [0, 0.05) is 44.4 Å². The van der Waals surface area contributed by atoms with Crippen molar-refractivity contribution in [3.05, 3.63) is 47.8 Å². The Bertz CT molecular complexity index is 798. The number of aliphatic imine (C=N–C) groups is 1. The number of aromatic nitrogens is 2. The van der Waals surface area contributed by atoms with Crippen molar-refractivity contribution >= 4 is 5.96 Å². The molecule has 0 saturated carbocycles. The second-order valence-electron chi connectivity index (χ2n) is 7.83. The van der Waals surface area contributed by atoms with E-state index in [0.29, 0.717) is 12.5 Å². The van der Waals surface area contributed by atoms with E-state index in [9.17, 15) is 0 Å². The highest BCUT2D eigenvalue weighted by Gasteiger charge is 2.26. The number of nitrogens with one attached hydrogen (secondary N) is 1. The van der Waals surface area contributed by atoms with Crippen LogP contribution in [0, 0.1) is 0 Å². The Morgan fingerprint density at radius 3 is 2.69 bits per heavy atom. The van der Waals surface area contributed by atoms with Crippen molar-refractivity contribution in [2.75, 3.05) is 47.4 Å². The molecule has 2 unspecified atom stereocenters. The van der Waals surface area contributed by atoms with Crippen molar-refractivity contribution in [1.82, 2.24) is 24.9 Å². The van der Waals surface area contributed by atoms with Crippen molar-refractivity contribution < 1.29 is 4.74 Å². The van der Waals surface area contributed by atoms with Gasteiger partial charge in [-0.3, -0.25) is 9.67 Å². The summed E-state index contributed by atoms with van der Waals surface area (Å²) in [6, 6.07) is 8.67. The molecule has 7 nitrogen and oxygen atoms in total. The maximum absolute atomic E-state index is 5.29. The first-order chi connectivity index (χ1) is 14.0. The topological polar surface area (TPSA) is 57.9 Å². The Labute approximate surface area is 174 Å². The summed E-state index contributed by atoms with van der Waals surface area (Å²) in [6.07, 6.45) is 5.14. The van der Waals surface area contributed by atoms with Gasteiger partial charge >= 0.3 is 0 Å². The molecule has 0 aliphatic carbocycles. The molecule has 2 atom stereocenters. The predicted molar refractivity (Wildman–Crippen MR) is 118 cm³/mol. The summed E-state index contributed by atoms with van der Waals surface area (Å²) in [5.41, 5.74) is 2.56. The summed E-state index contributed by atoms with van der Waals surface area (Å²) >= 11 is 0.